The molecule has 1 saturated heterocycles. The van der Waals surface area contributed by atoms with Crippen LogP contribution in [0.3, 0.4) is 0 Å². The molecule has 2 N–H and O–H groups in total. The summed E-state index contributed by atoms with van der Waals surface area (Å²) in [5.74, 6) is 0.898. The van der Waals surface area contributed by atoms with E-state index in [1.165, 1.54) is 9.88 Å². The minimum absolute atomic E-state index is 0. The first-order chi connectivity index (χ1) is 12.1. The van der Waals surface area contributed by atoms with Crippen LogP contribution in [0.2, 0.25) is 0 Å². The van der Waals surface area contributed by atoms with Crippen LogP contribution in [0.15, 0.2) is 11.2 Å². The van der Waals surface area contributed by atoms with Crippen molar-refractivity contribution in [3.05, 3.63) is 16.1 Å². The van der Waals surface area contributed by atoms with Crippen LogP contribution in [-0.2, 0) is 11.2 Å². The van der Waals surface area contributed by atoms with Crippen LogP contribution in [0.1, 0.15) is 36.6 Å². The maximum atomic E-state index is 5.64. The molecule has 1 aromatic heterocycles. The van der Waals surface area contributed by atoms with Gasteiger partial charge in [0.15, 0.2) is 5.96 Å². The molecule has 2 heterocycles. The van der Waals surface area contributed by atoms with E-state index >= 15 is 0 Å². The molecule has 150 valence electrons. The number of hydrogen-bond donors (Lipinski definition) is 2. The maximum absolute atomic E-state index is 5.64. The van der Waals surface area contributed by atoms with Crippen LogP contribution in [0, 0.1) is 6.92 Å². The molecule has 2 rings (SSSR count). The maximum Gasteiger partial charge on any atom is 0.191 e. The highest BCUT2D eigenvalue weighted by Crippen LogP contribution is 2.11. The quantitative estimate of drug-likeness (QED) is 0.330. The van der Waals surface area contributed by atoms with Gasteiger partial charge in [0.05, 0.1) is 17.7 Å². The van der Waals surface area contributed by atoms with Gasteiger partial charge in [-0.25, -0.2) is 4.98 Å². The van der Waals surface area contributed by atoms with Crippen LogP contribution >= 0.6 is 35.3 Å². The highest BCUT2D eigenvalue weighted by Gasteiger charge is 2.19. The zero-order chi connectivity index (χ0) is 18.1. The highest BCUT2D eigenvalue weighted by atomic mass is 127. The first-order valence-corrected chi connectivity index (χ1v) is 10.1. The summed E-state index contributed by atoms with van der Waals surface area (Å²) in [5, 5.41) is 8.14. The second-order valence-electron chi connectivity index (χ2n) is 6.79. The number of aryl methyl sites for hydroxylation is 1. The van der Waals surface area contributed by atoms with Gasteiger partial charge in [-0.3, -0.25) is 4.99 Å². The SMILES string of the molecule is CN=C(NCCc1ncc(C)s1)NC1CCN(CCOC(C)C)CC1.I. The molecule has 1 aliphatic heterocycles. The molecule has 6 nitrogen and oxygen atoms in total. The predicted molar refractivity (Wildman–Crippen MR) is 121 cm³/mol. The lowest BCUT2D eigenvalue weighted by Crippen LogP contribution is -2.49. The second-order valence-corrected chi connectivity index (χ2v) is 8.11. The lowest BCUT2D eigenvalue weighted by molar-refractivity contribution is 0.0532. The third-order valence-corrected chi connectivity index (χ3v) is 5.28. The number of aliphatic imine (C=N–C) groups is 1. The van der Waals surface area contributed by atoms with E-state index in [0.717, 1.165) is 58.0 Å². The minimum Gasteiger partial charge on any atom is -0.377 e. The number of thiazole rings is 1. The molecule has 0 bridgehead atoms. The Bertz CT molecular complexity index is 529. The first kappa shape index (κ1) is 23.6. The van der Waals surface area contributed by atoms with Crippen LogP contribution in [0.25, 0.3) is 0 Å². The van der Waals surface area contributed by atoms with E-state index < -0.39 is 0 Å². The molecule has 1 aliphatic rings. The van der Waals surface area contributed by atoms with Crippen LogP contribution in [0.4, 0.5) is 0 Å². The molecule has 1 fully saturated rings. The van der Waals surface area contributed by atoms with Crippen molar-refractivity contribution in [3.8, 4) is 0 Å². The van der Waals surface area contributed by atoms with Gasteiger partial charge < -0.3 is 20.3 Å². The van der Waals surface area contributed by atoms with Crippen molar-refractivity contribution in [3.63, 3.8) is 0 Å². The average Bonchev–Trinajstić information content (AvgIpc) is 3.00. The molecule has 0 aliphatic carbocycles. The first-order valence-electron chi connectivity index (χ1n) is 9.29. The minimum atomic E-state index is 0. The van der Waals surface area contributed by atoms with E-state index in [1.54, 1.807) is 11.3 Å². The molecule has 0 unspecified atom stereocenters. The van der Waals surface area contributed by atoms with Crippen molar-refractivity contribution < 1.29 is 4.74 Å². The summed E-state index contributed by atoms with van der Waals surface area (Å²) in [5.41, 5.74) is 0. The van der Waals surface area contributed by atoms with Gasteiger partial charge in [0, 0.05) is 56.8 Å². The van der Waals surface area contributed by atoms with Crippen molar-refractivity contribution in [2.45, 2.75) is 52.2 Å². The Labute approximate surface area is 179 Å². The van der Waals surface area contributed by atoms with Crippen molar-refractivity contribution in [1.29, 1.82) is 0 Å². The number of ether oxygens (including phenoxy) is 1. The van der Waals surface area contributed by atoms with Crippen molar-refractivity contribution in [2.75, 3.05) is 39.8 Å². The fourth-order valence-electron chi connectivity index (χ4n) is 2.91. The van der Waals surface area contributed by atoms with Crippen LogP contribution in [0.5, 0.6) is 0 Å². The van der Waals surface area contributed by atoms with Gasteiger partial charge in [-0.1, -0.05) is 0 Å². The summed E-state index contributed by atoms with van der Waals surface area (Å²) in [7, 11) is 1.83. The number of aromatic nitrogens is 1. The number of hydrogen-bond acceptors (Lipinski definition) is 5. The zero-order valence-electron chi connectivity index (χ0n) is 16.5. The molecule has 8 heteroatoms. The molecule has 0 atom stereocenters. The Morgan fingerprint density at radius 2 is 2.15 bits per heavy atom. The molecular weight excluding hydrogens is 461 g/mol. The molecule has 26 heavy (non-hydrogen) atoms. The number of guanidine groups is 1. The van der Waals surface area contributed by atoms with Crippen molar-refractivity contribution in [2.24, 2.45) is 4.99 Å². The van der Waals surface area contributed by atoms with E-state index in [-0.39, 0.29) is 24.0 Å². The van der Waals surface area contributed by atoms with E-state index in [4.69, 9.17) is 4.74 Å². The summed E-state index contributed by atoms with van der Waals surface area (Å²) in [6.07, 6.45) is 5.49. The molecule has 0 amide bonds. The molecule has 0 spiro atoms. The second kappa shape index (κ2) is 12.9. The van der Waals surface area contributed by atoms with E-state index in [1.807, 2.05) is 13.2 Å². The molecular formula is C18H34IN5OS. The number of piperidine rings is 1. The van der Waals surface area contributed by atoms with Gasteiger partial charge in [-0.05, 0) is 33.6 Å². The summed E-state index contributed by atoms with van der Waals surface area (Å²) < 4.78 is 5.64. The summed E-state index contributed by atoms with van der Waals surface area (Å²) in [6.45, 7) is 11.2. The van der Waals surface area contributed by atoms with E-state index in [0.29, 0.717) is 12.1 Å². The Morgan fingerprint density at radius 3 is 2.73 bits per heavy atom. The van der Waals surface area contributed by atoms with Gasteiger partial charge in [-0.15, -0.1) is 35.3 Å². The number of nitrogens with zero attached hydrogens (tertiary/aromatic N) is 3. The predicted octanol–water partition coefficient (Wildman–Crippen LogP) is 2.67. The Morgan fingerprint density at radius 1 is 1.42 bits per heavy atom. The van der Waals surface area contributed by atoms with Gasteiger partial charge in [-0.2, -0.15) is 0 Å². The topological polar surface area (TPSA) is 61.8 Å². The highest BCUT2D eigenvalue weighted by molar-refractivity contribution is 14.0. The Hall–Kier alpha value is -0.450. The van der Waals surface area contributed by atoms with Gasteiger partial charge >= 0.3 is 0 Å². The van der Waals surface area contributed by atoms with Gasteiger partial charge in [0.25, 0.3) is 0 Å². The molecule has 0 radical (unpaired) electrons. The van der Waals surface area contributed by atoms with Crippen molar-refractivity contribution in [1.82, 2.24) is 20.5 Å². The van der Waals surface area contributed by atoms with Crippen molar-refractivity contribution >= 4 is 41.3 Å². The van der Waals surface area contributed by atoms with Gasteiger partial charge in [0.1, 0.15) is 0 Å². The standard InChI is InChI=1S/C18H33N5OS.HI/c1-14(2)24-12-11-23-9-6-16(7-10-23)22-18(19-4)20-8-5-17-21-13-15(3)25-17;/h13-14,16H,5-12H2,1-4H3,(H2,19,20,22);1H. The number of halogens is 1. The number of likely N-dealkylation sites (tertiary alicyclic amines) is 1. The molecule has 0 saturated carbocycles. The van der Waals surface area contributed by atoms with Crippen LogP contribution in [-0.4, -0.2) is 67.8 Å². The Kier molecular flexibility index (Phi) is 11.7. The Balaban J connectivity index is 0.00000338. The fraction of sp³-hybridized carbons (Fsp3) is 0.778. The normalized spacial score (nSPS) is 16.6. The molecule has 0 aromatic carbocycles. The lowest BCUT2D eigenvalue weighted by atomic mass is 10.1. The number of nitrogens with one attached hydrogen (secondary N) is 2. The van der Waals surface area contributed by atoms with Crippen LogP contribution < -0.4 is 10.6 Å². The largest absolute Gasteiger partial charge is 0.377 e. The third-order valence-electron chi connectivity index (χ3n) is 4.31. The van der Waals surface area contributed by atoms with E-state index in [9.17, 15) is 0 Å². The smallest absolute Gasteiger partial charge is 0.191 e. The monoisotopic (exact) mass is 495 g/mol. The summed E-state index contributed by atoms with van der Waals surface area (Å²) in [6, 6.07) is 0.496. The molecule has 1 aromatic rings. The average molecular weight is 495 g/mol. The summed E-state index contributed by atoms with van der Waals surface area (Å²) >= 11 is 1.76. The van der Waals surface area contributed by atoms with E-state index in [2.05, 4.69) is 46.3 Å². The lowest BCUT2D eigenvalue weighted by Gasteiger charge is -2.33. The summed E-state index contributed by atoms with van der Waals surface area (Å²) in [4.78, 5) is 12.5. The number of rotatable bonds is 8. The van der Waals surface area contributed by atoms with Gasteiger partial charge in [0.2, 0.25) is 0 Å². The third kappa shape index (κ3) is 8.96. The zero-order valence-corrected chi connectivity index (χ0v) is 19.6. The fourth-order valence-corrected chi connectivity index (χ4v) is 3.70.